The second-order valence-corrected chi connectivity index (χ2v) is 6.64. The van der Waals surface area contributed by atoms with Crippen LogP contribution in [0.25, 0.3) is 0 Å². The first-order chi connectivity index (χ1) is 9.31. The molecule has 0 aliphatic carbocycles. The van der Waals surface area contributed by atoms with E-state index in [2.05, 4.69) is 29.3 Å². The molecular formula is C15H26N2OS. The van der Waals surface area contributed by atoms with Gasteiger partial charge in [-0.2, -0.15) is 0 Å². The Morgan fingerprint density at radius 2 is 2.26 bits per heavy atom. The zero-order valence-corrected chi connectivity index (χ0v) is 13.0. The Morgan fingerprint density at radius 1 is 1.42 bits per heavy atom. The summed E-state index contributed by atoms with van der Waals surface area (Å²) in [5.41, 5.74) is 0. The van der Waals surface area contributed by atoms with Gasteiger partial charge in [0.1, 0.15) is 0 Å². The van der Waals surface area contributed by atoms with E-state index in [1.807, 2.05) is 11.3 Å². The lowest BCUT2D eigenvalue weighted by atomic mass is 10.1. The van der Waals surface area contributed by atoms with Crippen LogP contribution in [0.4, 0.5) is 0 Å². The van der Waals surface area contributed by atoms with Crippen molar-refractivity contribution in [3.8, 4) is 0 Å². The van der Waals surface area contributed by atoms with Crippen molar-refractivity contribution in [3.63, 3.8) is 0 Å². The number of likely N-dealkylation sites (tertiary alicyclic amines) is 1. The quantitative estimate of drug-likeness (QED) is 0.742. The second kappa shape index (κ2) is 8.00. The molecule has 3 nitrogen and oxygen atoms in total. The molecule has 1 atom stereocenters. The molecule has 0 radical (unpaired) electrons. The smallest absolute Gasteiger partial charge is 0.0503 e. The molecule has 1 aromatic rings. The lowest BCUT2D eigenvalue weighted by molar-refractivity contribution is 0.153. The highest BCUT2D eigenvalue weighted by atomic mass is 32.1. The maximum atomic E-state index is 5.25. The topological polar surface area (TPSA) is 24.5 Å². The van der Waals surface area contributed by atoms with Gasteiger partial charge in [-0.1, -0.05) is 6.92 Å². The van der Waals surface area contributed by atoms with Gasteiger partial charge >= 0.3 is 0 Å². The summed E-state index contributed by atoms with van der Waals surface area (Å²) >= 11 is 1.95. The highest BCUT2D eigenvalue weighted by Gasteiger charge is 2.22. The summed E-state index contributed by atoms with van der Waals surface area (Å²) in [6, 6.07) is 4.56. The third kappa shape index (κ3) is 4.88. The van der Waals surface area contributed by atoms with Crippen LogP contribution in [0.2, 0.25) is 0 Å². The van der Waals surface area contributed by atoms with Crippen LogP contribution in [0.1, 0.15) is 29.5 Å². The third-order valence-corrected chi connectivity index (χ3v) is 4.67. The average molecular weight is 282 g/mol. The van der Waals surface area contributed by atoms with Gasteiger partial charge in [-0.05, 0) is 44.0 Å². The summed E-state index contributed by atoms with van der Waals surface area (Å²) in [7, 11) is 1.80. The molecule has 0 spiro atoms. The first-order valence-electron chi connectivity index (χ1n) is 7.31. The molecule has 0 bridgehead atoms. The minimum atomic E-state index is 0.732. The Hall–Kier alpha value is -0.420. The average Bonchev–Trinajstić information content (AvgIpc) is 3.01. The number of hydrogen-bond donors (Lipinski definition) is 1. The number of thiophene rings is 1. The highest BCUT2D eigenvalue weighted by molar-refractivity contribution is 7.11. The SMILES string of the molecule is CCCNCc1ccc(CN2CCC(COC)C2)s1. The van der Waals surface area contributed by atoms with Gasteiger partial charge in [0.15, 0.2) is 0 Å². The molecule has 2 heterocycles. The van der Waals surface area contributed by atoms with Gasteiger partial charge in [0, 0.05) is 36.5 Å². The van der Waals surface area contributed by atoms with Crippen LogP contribution in [0.5, 0.6) is 0 Å². The molecule has 1 aliphatic heterocycles. The predicted octanol–water partition coefficient (Wildman–Crippen LogP) is 2.72. The zero-order valence-electron chi connectivity index (χ0n) is 12.2. The van der Waals surface area contributed by atoms with E-state index >= 15 is 0 Å². The van der Waals surface area contributed by atoms with E-state index in [0.717, 1.165) is 32.2 Å². The standard InChI is InChI=1S/C15H26N2OS/c1-3-7-16-9-14-4-5-15(19-14)11-17-8-6-13(10-17)12-18-2/h4-5,13,16H,3,6-12H2,1-2H3. The molecule has 1 fully saturated rings. The molecule has 1 N–H and O–H groups in total. The van der Waals surface area contributed by atoms with Gasteiger partial charge in [0.25, 0.3) is 0 Å². The van der Waals surface area contributed by atoms with E-state index in [0.29, 0.717) is 0 Å². The molecular weight excluding hydrogens is 256 g/mol. The maximum absolute atomic E-state index is 5.25. The van der Waals surface area contributed by atoms with Crippen molar-refractivity contribution in [1.82, 2.24) is 10.2 Å². The van der Waals surface area contributed by atoms with Crippen molar-refractivity contribution in [2.24, 2.45) is 5.92 Å². The van der Waals surface area contributed by atoms with Crippen molar-refractivity contribution in [2.45, 2.75) is 32.9 Å². The van der Waals surface area contributed by atoms with Crippen molar-refractivity contribution in [3.05, 3.63) is 21.9 Å². The van der Waals surface area contributed by atoms with Crippen LogP contribution in [0.15, 0.2) is 12.1 Å². The Morgan fingerprint density at radius 3 is 3.05 bits per heavy atom. The van der Waals surface area contributed by atoms with E-state index in [4.69, 9.17) is 4.74 Å². The van der Waals surface area contributed by atoms with Gasteiger partial charge < -0.3 is 10.1 Å². The summed E-state index contributed by atoms with van der Waals surface area (Å²) in [5.74, 6) is 0.732. The van der Waals surface area contributed by atoms with E-state index in [1.165, 1.54) is 35.7 Å². The van der Waals surface area contributed by atoms with Crippen molar-refractivity contribution in [2.75, 3.05) is 33.4 Å². The first-order valence-corrected chi connectivity index (χ1v) is 8.13. The zero-order chi connectivity index (χ0) is 13.5. The fourth-order valence-corrected chi connectivity index (χ4v) is 3.67. The minimum absolute atomic E-state index is 0.732. The van der Waals surface area contributed by atoms with E-state index in [1.54, 1.807) is 7.11 Å². The summed E-state index contributed by atoms with van der Waals surface area (Å²) < 4.78 is 5.25. The summed E-state index contributed by atoms with van der Waals surface area (Å²) in [5, 5.41) is 3.46. The number of methoxy groups -OCH3 is 1. The molecule has 0 aromatic carbocycles. The number of nitrogens with zero attached hydrogens (tertiary/aromatic N) is 1. The Labute approximate surface area is 121 Å². The Kier molecular flexibility index (Phi) is 6.31. The van der Waals surface area contributed by atoms with E-state index in [9.17, 15) is 0 Å². The van der Waals surface area contributed by atoms with Gasteiger partial charge in [0.05, 0.1) is 6.61 Å². The van der Waals surface area contributed by atoms with Gasteiger partial charge in [-0.25, -0.2) is 0 Å². The number of nitrogens with one attached hydrogen (secondary N) is 1. The van der Waals surface area contributed by atoms with Crippen molar-refractivity contribution < 1.29 is 4.74 Å². The fraction of sp³-hybridized carbons (Fsp3) is 0.733. The molecule has 19 heavy (non-hydrogen) atoms. The molecule has 2 rings (SSSR count). The van der Waals surface area contributed by atoms with Gasteiger partial charge in [0.2, 0.25) is 0 Å². The van der Waals surface area contributed by atoms with Crippen LogP contribution in [0.3, 0.4) is 0 Å². The third-order valence-electron chi connectivity index (χ3n) is 3.60. The molecule has 1 unspecified atom stereocenters. The van der Waals surface area contributed by atoms with Gasteiger partial charge in [-0.3, -0.25) is 4.90 Å². The molecule has 4 heteroatoms. The lowest BCUT2D eigenvalue weighted by Crippen LogP contribution is -2.20. The molecule has 0 amide bonds. The molecule has 1 aromatic heterocycles. The highest BCUT2D eigenvalue weighted by Crippen LogP contribution is 2.23. The van der Waals surface area contributed by atoms with Gasteiger partial charge in [-0.15, -0.1) is 11.3 Å². The van der Waals surface area contributed by atoms with Crippen LogP contribution < -0.4 is 5.32 Å². The second-order valence-electron chi connectivity index (χ2n) is 5.39. The van der Waals surface area contributed by atoms with Crippen LogP contribution in [-0.4, -0.2) is 38.3 Å². The summed E-state index contributed by atoms with van der Waals surface area (Å²) in [6.07, 6.45) is 2.48. The molecule has 108 valence electrons. The van der Waals surface area contributed by atoms with Crippen LogP contribution in [-0.2, 0) is 17.8 Å². The van der Waals surface area contributed by atoms with Crippen LogP contribution in [0, 0.1) is 5.92 Å². The monoisotopic (exact) mass is 282 g/mol. The predicted molar refractivity (Wildman–Crippen MR) is 81.6 cm³/mol. The Balaban J connectivity index is 1.74. The molecule has 0 saturated carbocycles. The molecule has 1 saturated heterocycles. The summed E-state index contributed by atoms with van der Waals surface area (Å²) in [6.45, 7) is 8.76. The largest absolute Gasteiger partial charge is 0.384 e. The molecule has 1 aliphatic rings. The van der Waals surface area contributed by atoms with E-state index < -0.39 is 0 Å². The number of ether oxygens (including phenoxy) is 1. The van der Waals surface area contributed by atoms with Crippen molar-refractivity contribution in [1.29, 1.82) is 0 Å². The lowest BCUT2D eigenvalue weighted by Gasteiger charge is -2.14. The summed E-state index contributed by atoms with van der Waals surface area (Å²) in [4.78, 5) is 5.50. The number of rotatable bonds is 8. The first kappa shape index (κ1) is 15.0. The minimum Gasteiger partial charge on any atom is -0.384 e. The normalized spacial score (nSPS) is 20.2. The number of hydrogen-bond acceptors (Lipinski definition) is 4. The van der Waals surface area contributed by atoms with E-state index in [-0.39, 0.29) is 0 Å². The fourth-order valence-electron chi connectivity index (χ4n) is 2.64. The van der Waals surface area contributed by atoms with Crippen molar-refractivity contribution >= 4 is 11.3 Å². The maximum Gasteiger partial charge on any atom is 0.0503 e. The Bertz CT molecular complexity index is 367. The van der Waals surface area contributed by atoms with Crippen LogP contribution >= 0.6 is 11.3 Å².